The summed E-state index contributed by atoms with van der Waals surface area (Å²) in [7, 11) is 1.67. The first kappa shape index (κ1) is 12.2. The number of hydrogen-bond donors (Lipinski definition) is 1. The highest BCUT2D eigenvalue weighted by Gasteiger charge is 2.09. The van der Waals surface area contributed by atoms with Crippen LogP contribution in [0.15, 0.2) is 30.3 Å². The van der Waals surface area contributed by atoms with Crippen molar-refractivity contribution in [1.29, 1.82) is 0 Å². The van der Waals surface area contributed by atoms with Crippen LogP contribution in [0.4, 0.5) is 0 Å². The van der Waals surface area contributed by atoms with Gasteiger partial charge in [0.05, 0.1) is 19.3 Å². The van der Waals surface area contributed by atoms with Gasteiger partial charge in [-0.1, -0.05) is 30.3 Å². The number of hydrogen-bond acceptors (Lipinski definition) is 3. The summed E-state index contributed by atoms with van der Waals surface area (Å²) in [4.78, 5) is 0. The summed E-state index contributed by atoms with van der Waals surface area (Å²) in [6, 6.07) is 10.1. The van der Waals surface area contributed by atoms with Gasteiger partial charge in [0.25, 0.3) is 0 Å². The highest BCUT2D eigenvalue weighted by Crippen LogP contribution is 2.19. The lowest BCUT2D eigenvalue weighted by Crippen LogP contribution is -2.13. The minimum atomic E-state index is 0.0892. The van der Waals surface area contributed by atoms with Crippen LogP contribution in [-0.4, -0.2) is 26.9 Å². The molecule has 0 aliphatic carbocycles. The van der Waals surface area contributed by atoms with Crippen LogP contribution in [-0.2, 0) is 9.47 Å². The maximum Gasteiger partial charge on any atom is 0.0838 e. The molecule has 0 spiro atoms. The Kier molecular flexibility index (Phi) is 6.00. The van der Waals surface area contributed by atoms with E-state index in [9.17, 15) is 0 Å². The maximum absolute atomic E-state index is 5.70. The fraction of sp³-hybridized carbons (Fsp3) is 0.500. The summed E-state index contributed by atoms with van der Waals surface area (Å²) >= 11 is 0. The smallest absolute Gasteiger partial charge is 0.0838 e. The molecule has 1 rings (SSSR count). The molecule has 0 radical (unpaired) electrons. The van der Waals surface area contributed by atoms with Crippen LogP contribution in [0.2, 0.25) is 0 Å². The first-order valence-corrected chi connectivity index (χ1v) is 5.24. The third-order valence-electron chi connectivity index (χ3n) is 2.21. The number of ether oxygens (including phenoxy) is 2. The van der Waals surface area contributed by atoms with E-state index >= 15 is 0 Å². The lowest BCUT2D eigenvalue weighted by atomic mass is 10.1. The number of rotatable bonds is 7. The van der Waals surface area contributed by atoms with Crippen LogP contribution >= 0.6 is 0 Å². The van der Waals surface area contributed by atoms with Crippen molar-refractivity contribution in [3.63, 3.8) is 0 Å². The SMILES string of the molecule is COCCOC(CCN)c1ccccc1. The fourth-order valence-electron chi connectivity index (χ4n) is 1.44. The van der Waals surface area contributed by atoms with Gasteiger partial charge in [-0.3, -0.25) is 0 Å². The van der Waals surface area contributed by atoms with Crippen molar-refractivity contribution in [2.75, 3.05) is 26.9 Å². The van der Waals surface area contributed by atoms with Gasteiger partial charge in [0.1, 0.15) is 0 Å². The largest absolute Gasteiger partial charge is 0.382 e. The Balaban J connectivity index is 2.50. The lowest BCUT2D eigenvalue weighted by molar-refractivity contribution is 0.0133. The highest BCUT2D eigenvalue weighted by molar-refractivity contribution is 5.17. The first-order valence-electron chi connectivity index (χ1n) is 5.24. The summed E-state index contributed by atoms with van der Waals surface area (Å²) in [5.41, 5.74) is 6.74. The van der Waals surface area contributed by atoms with E-state index in [4.69, 9.17) is 15.2 Å². The predicted molar refractivity (Wildman–Crippen MR) is 60.7 cm³/mol. The summed E-state index contributed by atoms with van der Waals surface area (Å²) in [6.07, 6.45) is 0.930. The van der Waals surface area contributed by atoms with Crippen molar-refractivity contribution >= 4 is 0 Å². The maximum atomic E-state index is 5.70. The van der Waals surface area contributed by atoms with Gasteiger partial charge < -0.3 is 15.2 Å². The van der Waals surface area contributed by atoms with Crippen LogP contribution in [0.1, 0.15) is 18.1 Å². The highest BCUT2D eigenvalue weighted by atomic mass is 16.5. The zero-order valence-electron chi connectivity index (χ0n) is 9.19. The van der Waals surface area contributed by atoms with E-state index in [1.807, 2.05) is 18.2 Å². The van der Waals surface area contributed by atoms with E-state index in [0.717, 1.165) is 6.42 Å². The summed E-state index contributed by atoms with van der Waals surface area (Å²) in [5, 5.41) is 0. The number of benzene rings is 1. The van der Waals surface area contributed by atoms with Crippen LogP contribution in [0.3, 0.4) is 0 Å². The number of methoxy groups -OCH3 is 1. The molecule has 0 fully saturated rings. The van der Waals surface area contributed by atoms with Crippen molar-refractivity contribution in [1.82, 2.24) is 0 Å². The number of nitrogens with two attached hydrogens (primary N) is 1. The van der Waals surface area contributed by atoms with Gasteiger partial charge >= 0.3 is 0 Å². The van der Waals surface area contributed by atoms with Crippen LogP contribution < -0.4 is 5.73 Å². The molecule has 0 aromatic heterocycles. The molecule has 0 aliphatic heterocycles. The topological polar surface area (TPSA) is 44.5 Å². The van der Waals surface area contributed by atoms with Crippen LogP contribution in [0, 0.1) is 0 Å². The van der Waals surface area contributed by atoms with E-state index in [1.165, 1.54) is 5.56 Å². The second-order valence-electron chi connectivity index (χ2n) is 3.34. The molecule has 0 saturated heterocycles. The molecule has 3 heteroatoms. The van der Waals surface area contributed by atoms with Gasteiger partial charge in [-0.05, 0) is 18.5 Å². The molecule has 0 amide bonds. The molecule has 1 atom stereocenters. The monoisotopic (exact) mass is 209 g/mol. The Morgan fingerprint density at radius 1 is 1.20 bits per heavy atom. The molecule has 15 heavy (non-hydrogen) atoms. The fourth-order valence-corrected chi connectivity index (χ4v) is 1.44. The van der Waals surface area contributed by atoms with E-state index in [-0.39, 0.29) is 6.10 Å². The zero-order chi connectivity index (χ0) is 10.9. The van der Waals surface area contributed by atoms with E-state index < -0.39 is 0 Å². The van der Waals surface area contributed by atoms with E-state index in [0.29, 0.717) is 19.8 Å². The molecule has 2 N–H and O–H groups in total. The molecular formula is C12H19NO2. The average molecular weight is 209 g/mol. The standard InChI is InChI=1S/C12H19NO2/c1-14-9-10-15-12(7-8-13)11-5-3-2-4-6-11/h2-6,12H,7-10,13H2,1H3. The molecule has 3 nitrogen and oxygen atoms in total. The van der Waals surface area contributed by atoms with Crippen LogP contribution in [0.25, 0.3) is 0 Å². The third-order valence-corrected chi connectivity index (χ3v) is 2.21. The van der Waals surface area contributed by atoms with Gasteiger partial charge in [-0.25, -0.2) is 0 Å². The van der Waals surface area contributed by atoms with E-state index in [1.54, 1.807) is 7.11 Å². The molecule has 0 bridgehead atoms. The van der Waals surface area contributed by atoms with Crippen LogP contribution in [0.5, 0.6) is 0 Å². The zero-order valence-corrected chi connectivity index (χ0v) is 9.19. The Labute approximate surface area is 91.2 Å². The minimum Gasteiger partial charge on any atom is -0.382 e. The van der Waals surface area contributed by atoms with E-state index in [2.05, 4.69) is 12.1 Å². The molecule has 84 valence electrons. The summed E-state index contributed by atoms with van der Waals surface area (Å²) < 4.78 is 10.7. The molecule has 1 aromatic rings. The Hall–Kier alpha value is -0.900. The molecule has 1 unspecified atom stereocenters. The second kappa shape index (κ2) is 7.40. The van der Waals surface area contributed by atoms with Gasteiger partial charge in [-0.15, -0.1) is 0 Å². The Morgan fingerprint density at radius 2 is 1.93 bits per heavy atom. The first-order chi connectivity index (χ1) is 7.38. The van der Waals surface area contributed by atoms with Crippen molar-refractivity contribution in [2.24, 2.45) is 5.73 Å². The molecule has 1 aromatic carbocycles. The molecule has 0 heterocycles. The third kappa shape index (κ3) is 4.42. The summed E-state index contributed by atoms with van der Waals surface area (Å²) in [6.45, 7) is 1.86. The van der Waals surface area contributed by atoms with Crippen molar-refractivity contribution in [3.05, 3.63) is 35.9 Å². The van der Waals surface area contributed by atoms with Crippen molar-refractivity contribution in [3.8, 4) is 0 Å². The van der Waals surface area contributed by atoms with Gasteiger partial charge in [0.15, 0.2) is 0 Å². The van der Waals surface area contributed by atoms with Gasteiger partial charge in [0, 0.05) is 7.11 Å². The van der Waals surface area contributed by atoms with Crippen molar-refractivity contribution in [2.45, 2.75) is 12.5 Å². The van der Waals surface area contributed by atoms with Gasteiger partial charge in [-0.2, -0.15) is 0 Å². The normalized spacial score (nSPS) is 12.7. The Morgan fingerprint density at radius 3 is 2.53 bits per heavy atom. The second-order valence-corrected chi connectivity index (χ2v) is 3.34. The predicted octanol–water partition coefficient (Wildman–Crippen LogP) is 1.74. The minimum absolute atomic E-state index is 0.0892. The Bertz CT molecular complexity index is 251. The van der Waals surface area contributed by atoms with Gasteiger partial charge in [0.2, 0.25) is 0 Å². The average Bonchev–Trinajstić information content (AvgIpc) is 2.29. The quantitative estimate of drug-likeness (QED) is 0.696. The lowest BCUT2D eigenvalue weighted by Gasteiger charge is -2.17. The summed E-state index contributed by atoms with van der Waals surface area (Å²) in [5.74, 6) is 0. The molecular weight excluding hydrogens is 190 g/mol. The molecule has 0 aliphatic rings. The van der Waals surface area contributed by atoms with Crippen molar-refractivity contribution < 1.29 is 9.47 Å². The molecule has 0 saturated carbocycles.